The van der Waals surface area contributed by atoms with Gasteiger partial charge in [-0.2, -0.15) is 0 Å². The zero-order chi connectivity index (χ0) is 12.2. The molecule has 0 aliphatic heterocycles. The number of thiazole rings is 1. The Balaban J connectivity index is 2.32. The van der Waals surface area contributed by atoms with Gasteiger partial charge in [0.05, 0.1) is 12.6 Å². The van der Waals surface area contributed by atoms with Crippen molar-refractivity contribution in [3.63, 3.8) is 0 Å². The summed E-state index contributed by atoms with van der Waals surface area (Å²) >= 11 is 1.57. The normalized spacial score (nSPS) is 13.5. The lowest BCUT2D eigenvalue weighted by atomic mass is 10.2. The van der Waals surface area contributed by atoms with E-state index in [1.54, 1.807) is 17.5 Å². The maximum Gasteiger partial charge on any atom is 0.320 e. The van der Waals surface area contributed by atoms with E-state index in [-0.39, 0.29) is 18.6 Å². The van der Waals surface area contributed by atoms with Crippen molar-refractivity contribution in [2.45, 2.75) is 39.3 Å². The summed E-state index contributed by atoms with van der Waals surface area (Å²) in [5.41, 5.74) is -0.427. The van der Waals surface area contributed by atoms with Crippen molar-refractivity contribution in [2.24, 2.45) is 0 Å². The lowest BCUT2D eigenvalue weighted by molar-refractivity contribution is -0.153. The molecular weight excluding hydrogens is 224 g/mol. The number of esters is 1. The van der Waals surface area contributed by atoms with Crippen LogP contribution in [0.5, 0.6) is 0 Å². The van der Waals surface area contributed by atoms with Crippen LogP contribution < -0.4 is 5.32 Å². The summed E-state index contributed by atoms with van der Waals surface area (Å²) < 4.78 is 5.19. The van der Waals surface area contributed by atoms with Crippen molar-refractivity contribution in [2.75, 3.05) is 6.54 Å². The average Bonchev–Trinajstić information content (AvgIpc) is 2.64. The Labute approximate surface area is 100 Å². The van der Waals surface area contributed by atoms with Gasteiger partial charge in [-0.25, -0.2) is 4.98 Å². The molecule has 0 radical (unpaired) electrons. The van der Waals surface area contributed by atoms with Crippen LogP contribution in [0, 0.1) is 0 Å². The Morgan fingerprint density at radius 2 is 2.31 bits per heavy atom. The van der Waals surface area contributed by atoms with Crippen molar-refractivity contribution >= 4 is 17.3 Å². The predicted octanol–water partition coefficient (Wildman–Crippen LogP) is 2.14. The van der Waals surface area contributed by atoms with Gasteiger partial charge in [0.2, 0.25) is 0 Å². The summed E-state index contributed by atoms with van der Waals surface area (Å²) in [7, 11) is 0. The molecule has 1 rings (SSSR count). The first-order chi connectivity index (χ1) is 7.38. The van der Waals surface area contributed by atoms with Crippen LogP contribution in [-0.2, 0) is 9.53 Å². The second kappa shape index (κ2) is 5.41. The molecule has 1 atom stereocenters. The van der Waals surface area contributed by atoms with Gasteiger partial charge in [-0.15, -0.1) is 11.3 Å². The van der Waals surface area contributed by atoms with Crippen LogP contribution in [0.1, 0.15) is 38.7 Å². The van der Waals surface area contributed by atoms with E-state index >= 15 is 0 Å². The number of rotatable bonds is 4. The predicted molar refractivity (Wildman–Crippen MR) is 64.4 cm³/mol. The molecular formula is C11H18N2O2S. The second-order valence-corrected chi connectivity index (χ2v) is 5.49. The summed E-state index contributed by atoms with van der Waals surface area (Å²) in [5.74, 6) is -0.240. The number of hydrogen-bond donors (Lipinski definition) is 1. The highest BCUT2D eigenvalue weighted by Gasteiger charge is 2.17. The topological polar surface area (TPSA) is 51.2 Å². The molecule has 0 aliphatic carbocycles. The highest BCUT2D eigenvalue weighted by molar-refractivity contribution is 7.09. The molecule has 1 aromatic rings. The van der Waals surface area contributed by atoms with E-state index in [0.29, 0.717) is 0 Å². The molecule has 5 heteroatoms. The average molecular weight is 242 g/mol. The molecule has 0 amide bonds. The van der Waals surface area contributed by atoms with E-state index in [1.807, 2.05) is 33.1 Å². The second-order valence-electron chi connectivity index (χ2n) is 4.56. The fraction of sp³-hybridized carbons (Fsp3) is 0.636. The Morgan fingerprint density at radius 1 is 1.62 bits per heavy atom. The number of carbonyl (C=O) groups is 1. The molecule has 16 heavy (non-hydrogen) atoms. The van der Waals surface area contributed by atoms with Crippen molar-refractivity contribution in [3.05, 3.63) is 16.6 Å². The molecule has 0 bridgehead atoms. The fourth-order valence-corrected chi connectivity index (χ4v) is 1.82. The van der Waals surface area contributed by atoms with Gasteiger partial charge in [0.15, 0.2) is 0 Å². The zero-order valence-corrected chi connectivity index (χ0v) is 10.9. The third kappa shape index (κ3) is 4.72. The molecule has 0 fully saturated rings. The number of carbonyl (C=O) groups excluding carboxylic acids is 1. The monoisotopic (exact) mass is 242 g/mol. The Morgan fingerprint density at radius 3 is 2.81 bits per heavy atom. The van der Waals surface area contributed by atoms with Gasteiger partial charge in [-0.1, -0.05) is 0 Å². The zero-order valence-electron chi connectivity index (χ0n) is 10.1. The summed E-state index contributed by atoms with van der Waals surface area (Å²) in [5, 5.41) is 5.97. The van der Waals surface area contributed by atoms with Crippen LogP contribution in [0.25, 0.3) is 0 Å². The third-order valence-electron chi connectivity index (χ3n) is 1.79. The minimum Gasteiger partial charge on any atom is -0.459 e. The van der Waals surface area contributed by atoms with Crippen LogP contribution in [0.2, 0.25) is 0 Å². The van der Waals surface area contributed by atoms with Crippen molar-refractivity contribution in [3.8, 4) is 0 Å². The van der Waals surface area contributed by atoms with Crippen LogP contribution in [0.4, 0.5) is 0 Å². The Kier molecular flexibility index (Phi) is 4.44. The smallest absolute Gasteiger partial charge is 0.320 e. The molecule has 1 unspecified atom stereocenters. The van der Waals surface area contributed by atoms with Gasteiger partial charge < -0.3 is 4.74 Å². The summed E-state index contributed by atoms with van der Waals surface area (Å²) in [6, 6.07) is 0.0764. The van der Waals surface area contributed by atoms with Crippen LogP contribution in [0.15, 0.2) is 11.6 Å². The van der Waals surface area contributed by atoms with Gasteiger partial charge in [0.25, 0.3) is 0 Å². The van der Waals surface area contributed by atoms with Crippen LogP contribution in [0.3, 0.4) is 0 Å². The first kappa shape index (κ1) is 13.1. The lowest BCUT2D eigenvalue weighted by Gasteiger charge is -2.20. The number of nitrogens with one attached hydrogen (secondary N) is 1. The maximum atomic E-state index is 11.4. The van der Waals surface area contributed by atoms with Crippen molar-refractivity contribution in [1.82, 2.24) is 10.3 Å². The molecule has 4 nitrogen and oxygen atoms in total. The lowest BCUT2D eigenvalue weighted by Crippen LogP contribution is -2.32. The standard InChI is InChI=1S/C11H18N2O2S/c1-8(10-12-5-6-16-10)13-7-9(14)15-11(2,3)4/h5-6,8,13H,7H2,1-4H3. The van der Waals surface area contributed by atoms with Crippen molar-refractivity contribution < 1.29 is 9.53 Å². The highest BCUT2D eigenvalue weighted by Crippen LogP contribution is 2.14. The fourth-order valence-electron chi connectivity index (χ4n) is 1.15. The number of hydrogen-bond acceptors (Lipinski definition) is 5. The van der Waals surface area contributed by atoms with E-state index in [2.05, 4.69) is 10.3 Å². The highest BCUT2D eigenvalue weighted by atomic mass is 32.1. The largest absolute Gasteiger partial charge is 0.459 e. The van der Waals surface area contributed by atoms with Crippen LogP contribution in [-0.4, -0.2) is 23.1 Å². The molecule has 0 aromatic carbocycles. The molecule has 1 aromatic heterocycles. The van der Waals surface area contributed by atoms with Gasteiger partial charge >= 0.3 is 5.97 Å². The quantitative estimate of drug-likeness (QED) is 0.822. The van der Waals surface area contributed by atoms with Gasteiger partial charge in [0, 0.05) is 11.6 Å². The molecule has 1 heterocycles. The van der Waals surface area contributed by atoms with E-state index in [1.165, 1.54) is 0 Å². The van der Waals surface area contributed by atoms with E-state index in [9.17, 15) is 4.79 Å². The molecule has 1 N–H and O–H groups in total. The maximum absolute atomic E-state index is 11.4. The first-order valence-electron chi connectivity index (χ1n) is 5.23. The van der Waals surface area contributed by atoms with E-state index in [4.69, 9.17) is 4.74 Å². The SMILES string of the molecule is CC(NCC(=O)OC(C)(C)C)c1nccs1. The number of aromatic nitrogens is 1. The van der Waals surface area contributed by atoms with Gasteiger partial charge in [-0.05, 0) is 27.7 Å². The molecule has 90 valence electrons. The number of ether oxygens (including phenoxy) is 1. The summed E-state index contributed by atoms with van der Waals surface area (Å²) in [4.78, 5) is 15.6. The Hall–Kier alpha value is -0.940. The molecule has 0 aliphatic rings. The molecule has 0 saturated carbocycles. The number of nitrogens with zero attached hydrogens (tertiary/aromatic N) is 1. The summed E-state index contributed by atoms with van der Waals surface area (Å²) in [6.45, 7) is 7.75. The Bertz CT molecular complexity index is 330. The van der Waals surface area contributed by atoms with E-state index in [0.717, 1.165) is 5.01 Å². The minimum absolute atomic E-state index is 0.0764. The van der Waals surface area contributed by atoms with Gasteiger partial charge in [0.1, 0.15) is 10.6 Å². The van der Waals surface area contributed by atoms with Gasteiger partial charge in [-0.3, -0.25) is 10.1 Å². The van der Waals surface area contributed by atoms with E-state index < -0.39 is 5.60 Å². The molecule has 0 spiro atoms. The molecule has 0 saturated heterocycles. The third-order valence-corrected chi connectivity index (χ3v) is 2.75. The first-order valence-corrected chi connectivity index (χ1v) is 6.11. The van der Waals surface area contributed by atoms with Crippen LogP contribution >= 0.6 is 11.3 Å². The van der Waals surface area contributed by atoms with Crippen molar-refractivity contribution in [1.29, 1.82) is 0 Å². The minimum atomic E-state index is -0.427. The summed E-state index contributed by atoms with van der Waals surface area (Å²) in [6.07, 6.45) is 1.76.